The van der Waals surface area contributed by atoms with Crippen LogP contribution in [0.25, 0.3) is 10.9 Å². The Bertz CT molecular complexity index is 1190. The maximum Gasteiger partial charge on any atom is 0.326 e. The Labute approximate surface area is 176 Å². The summed E-state index contributed by atoms with van der Waals surface area (Å²) >= 11 is 1.21. The molecule has 0 aliphatic heterocycles. The predicted octanol–water partition coefficient (Wildman–Crippen LogP) is 3.47. The number of aromatic amines is 1. The van der Waals surface area contributed by atoms with Gasteiger partial charge in [-0.3, -0.25) is 9.59 Å². The first-order valence-corrected chi connectivity index (χ1v) is 10.1. The van der Waals surface area contributed by atoms with Crippen LogP contribution in [0.3, 0.4) is 0 Å². The van der Waals surface area contributed by atoms with Crippen LogP contribution in [0.15, 0.2) is 88.4 Å². The fourth-order valence-corrected chi connectivity index (χ4v) is 4.13. The number of ketones is 2. The van der Waals surface area contributed by atoms with E-state index < -0.39 is 17.8 Å². The fraction of sp³-hybridized carbons (Fsp3) is 0.0870. The second-order valence-electron chi connectivity index (χ2n) is 6.81. The van der Waals surface area contributed by atoms with Gasteiger partial charge in [0, 0.05) is 40.6 Å². The number of carbonyl (C=O) groups excluding carboxylic acids is 2. The van der Waals surface area contributed by atoms with Crippen LogP contribution in [0.2, 0.25) is 0 Å². The number of carboxylic acid groups (broad SMARTS) is 1. The topological polar surface area (TPSA) is 99.3 Å². The van der Waals surface area contributed by atoms with Gasteiger partial charge in [-0.05, 0) is 23.8 Å². The number of hydrogen-bond acceptors (Lipinski definition) is 5. The summed E-state index contributed by atoms with van der Waals surface area (Å²) in [7, 11) is 0. The van der Waals surface area contributed by atoms with E-state index in [0.29, 0.717) is 4.91 Å². The number of nitrogens with one attached hydrogen (secondary N) is 2. The molecule has 0 saturated heterocycles. The molecule has 1 aliphatic carbocycles. The zero-order chi connectivity index (χ0) is 21.1. The molecule has 1 aliphatic rings. The number of H-pyrrole nitrogens is 1. The number of rotatable bonds is 7. The molecule has 3 N–H and O–H groups in total. The molecule has 3 aromatic rings. The summed E-state index contributed by atoms with van der Waals surface area (Å²) in [6, 6.07) is 15.8. The molecule has 4 rings (SSSR count). The first kappa shape index (κ1) is 19.7. The van der Waals surface area contributed by atoms with Gasteiger partial charge in [0.1, 0.15) is 6.04 Å². The lowest BCUT2D eigenvalue weighted by molar-refractivity contribution is -0.139. The van der Waals surface area contributed by atoms with E-state index in [-0.39, 0.29) is 17.9 Å². The van der Waals surface area contributed by atoms with Crippen LogP contribution in [0, 0.1) is 0 Å². The minimum atomic E-state index is -1.10. The average Bonchev–Trinajstić information content (AvgIpc) is 3.14. The van der Waals surface area contributed by atoms with E-state index in [4.69, 9.17) is 0 Å². The maximum atomic E-state index is 12.5. The summed E-state index contributed by atoms with van der Waals surface area (Å²) < 4.78 is 0. The molecule has 1 aromatic heterocycles. The molecule has 0 amide bonds. The lowest BCUT2D eigenvalue weighted by Crippen LogP contribution is -2.40. The first-order valence-electron chi connectivity index (χ1n) is 9.30. The van der Waals surface area contributed by atoms with Gasteiger partial charge in [-0.1, -0.05) is 48.2 Å². The predicted molar refractivity (Wildman–Crippen MR) is 115 cm³/mol. The molecule has 0 radical (unpaired) electrons. The third-order valence-corrected chi connectivity index (χ3v) is 5.79. The minimum Gasteiger partial charge on any atom is -0.480 e. The van der Waals surface area contributed by atoms with Gasteiger partial charge in [-0.2, -0.15) is 0 Å². The zero-order valence-electron chi connectivity index (χ0n) is 15.8. The third kappa shape index (κ3) is 4.21. The molecule has 0 bridgehead atoms. The van der Waals surface area contributed by atoms with Crippen molar-refractivity contribution in [3.05, 3.63) is 89.1 Å². The Morgan fingerprint density at radius 2 is 1.73 bits per heavy atom. The maximum absolute atomic E-state index is 12.5. The van der Waals surface area contributed by atoms with E-state index >= 15 is 0 Å². The normalized spacial score (nSPS) is 14.9. The number of aliphatic carboxylic acids is 1. The zero-order valence-corrected chi connectivity index (χ0v) is 16.6. The van der Waals surface area contributed by atoms with Crippen LogP contribution in [-0.2, 0) is 20.8 Å². The summed E-state index contributed by atoms with van der Waals surface area (Å²) in [6.45, 7) is 0. The van der Waals surface area contributed by atoms with Crippen LogP contribution in [0.4, 0.5) is 0 Å². The van der Waals surface area contributed by atoms with Gasteiger partial charge >= 0.3 is 5.97 Å². The Morgan fingerprint density at radius 3 is 2.50 bits per heavy atom. The molecule has 7 heteroatoms. The van der Waals surface area contributed by atoms with E-state index in [9.17, 15) is 19.5 Å². The molecule has 6 nitrogen and oxygen atoms in total. The number of thioether (sulfide) groups is 1. The van der Waals surface area contributed by atoms with Crippen molar-refractivity contribution in [1.82, 2.24) is 10.3 Å². The summed E-state index contributed by atoms with van der Waals surface area (Å²) in [6.07, 6.45) is 4.36. The van der Waals surface area contributed by atoms with Crippen molar-refractivity contribution < 1.29 is 19.5 Å². The molecule has 2 aromatic carbocycles. The molecule has 0 fully saturated rings. The lowest BCUT2D eigenvalue weighted by atomic mass is 10.0. The van der Waals surface area contributed by atoms with Crippen molar-refractivity contribution in [2.75, 3.05) is 0 Å². The molecule has 0 saturated carbocycles. The number of fused-ring (bicyclic) bond motifs is 1. The van der Waals surface area contributed by atoms with Crippen molar-refractivity contribution in [2.24, 2.45) is 0 Å². The summed E-state index contributed by atoms with van der Waals surface area (Å²) in [5, 5.41) is 13.3. The molecule has 150 valence electrons. The average molecular weight is 418 g/mol. The Kier molecular flexibility index (Phi) is 5.54. The largest absolute Gasteiger partial charge is 0.480 e. The summed E-state index contributed by atoms with van der Waals surface area (Å²) in [5.41, 5.74) is 1.71. The van der Waals surface area contributed by atoms with Gasteiger partial charge in [0.15, 0.2) is 5.78 Å². The van der Waals surface area contributed by atoms with Crippen molar-refractivity contribution >= 4 is 40.2 Å². The number of carbonyl (C=O) groups is 3. The van der Waals surface area contributed by atoms with E-state index in [2.05, 4.69) is 10.3 Å². The molecule has 1 atom stereocenters. The highest BCUT2D eigenvalue weighted by Gasteiger charge is 2.26. The number of benzene rings is 2. The molecule has 1 unspecified atom stereocenters. The van der Waals surface area contributed by atoms with E-state index in [1.54, 1.807) is 6.20 Å². The third-order valence-electron chi connectivity index (χ3n) is 4.74. The van der Waals surface area contributed by atoms with Crippen molar-refractivity contribution in [3.63, 3.8) is 0 Å². The SMILES string of the molecule is O=C1C=C(Sc2ccccc2)C(=O)C=C1NC(Cc1c[nH]c2ccccc12)C(=O)O. The number of carboxylic acids is 1. The second-order valence-corrected chi connectivity index (χ2v) is 7.92. The number of aromatic nitrogens is 1. The van der Waals surface area contributed by atoms with Gasteiger partial charge in [0.2, 0.25) is 5.78 Å². The Hall–Kier alpha value is -3.58. The fourth-order valence-electron chi connectivity index (χ4n) is 3.26. The van der Waals surface area contributed by atoms with Gasteiger partial charge in [0.05, 0.1) is 10.6 Å². The van der Waals surface area contributed by atoms with E-state index in [0.717, 1.165) is 21.4 Å². The Morgan fingerprint density at radius 1 is 1.00 bits per heavy atom. The number of para-hydroxylation sites is 1. The molecular formula is C23H18N2O4S. The molecule has 30 heavy (non-hydrogen) atoms. The highest BCUT2D eigenvalue weighted by Crippen LogP contribution is 2.29. The molecule has 1 heterocycles. The quantitative estimate of drug-likeness (QED) is 0.508. The van der Waals surface area contributed by atoms with Gasteiger partial charge in [-0.25, -0.2) is 4.79 Å². The summed E-state index contributed by atoms with van der Waals surface area (Å²) in [5.74, 6) is -1.85. The number of hydrogen-bond donors (Lipinski definition) is 3. The van der Waals surface area contributed by atoms with E-state index in [1.165, 1.54) is 23.9 Å². The van der Waals surface area contributed by atoms with Crippen LogP contribution >= 0.6 is 11.8 Å². The standard InChI is InChI=1S/C23H18N2O4S/c26-20-12-22(30-15-6-2-1-3-7-15)21(27)11-18(20)25-19(23(28)29)10-14-13-24-17-9-5-4-8-16(14)17/h1-9,11-13,19,24-25H,10H2,(H,28,29). The van der Waals surface area contributed by atoms with Crippen LogP contribution < -0.4 is 5.32 Å². The van der Waals surface area contributed by atoms with Crippen molar-refractivity contribution in [1.29, 1.82) is 0 Å². The van der Waals surface area contributed by atoms with Gasteiger partial charge in [0.25, 0.3) is 0 Å². The van der Waals surface area contributed by atoms with Crippen molar-refractivity contribution in [3.8, 4) is 0 Å². The van der Waals surface area contributed by atoms with Crippen LogP contribution in [0.1, 0.15) is 5.56 Å². The minimum absolute atomic E-state index is 0.00958. The van der Waals surface area contributed by atoms with Crippen molar-refractivity contribution in [2.45, 2.75) is 17.4 Å². The molecular weight excluding hydrogens is 400 g/mol. The Balaban J connectivity index is 1.50. The van der Waals surface area contributed by atoms with E-state index in [1.807, 2.05) is 54.6 Å². The first-order chi connectivity index (χ1) is 14.5. The lowest BCUT2D eigenvalue weighted by Gasteiger charge is -2.19. The second kappa shape index (κ2) is 8.42. The highest BCUT2D eigenvalue weighted by molar-refractivity contribution is 8.04. The highest BCUT2D eigenvalue weighted by atomic mass is 32.2. The van der Waals surface area contributed by atoms with Gasteiger partial charge in [-0.15, -0.1) is 0 Å². The van der Waals surface area contributed by atoms with Crippen LogP contribution in [-0.4, -0.2) is 33.7 Å². The molecule has 0 spiro atoms. The smallest absolute Gasteiger partial charge is 0.326 e. The summed E-state index contributed by atoms with van der Waals surface area (Å²) in [4.78, 5) is 41.1. The number of allylic oxidation sites excluding steroid dienone is 3. The van der Waals surface area contributed by atoms with Crippen LogP contribution in [0.5, 0.6) is 0 Å². The van der Waals surface area contributed by atoms with Gasteiger partial charge < -0.3 is 15.4 Å². The monoisotopic (exact) mass is 418 g/mol.